The van der Waals surface area contributed by atoms with Crippen molar-refractivity contribution >= 4 is 27.2 Å². The standard InChI is InChI=1S/C23H30N3S/c1-6-16-11-18(26-9-7-8-10-26)14-20-22(16)24-23-19(15(2)3)12-17(25(4)5)13-21(23)27-20/h11-15H,6-10H2,1-5H3/q+1. The number of nitrogens with zero attached hydrogens (tertiary/aromatic N) is 3. The van der Waals surface area contributed by atoms with Crippen molar-refractivity contribution < 1.29 is 0 Å². The minimum atomic E-state index is 0.457. The molecule has 0 atom stereocenters. The third kappa shape index (κ3) is 3.36. The van der Waals surface area contributed by atoms with Crippen molar-refractivity contribution in [3.05, 3.63) is 40.7 Å². The van der Waals surface area contributed by atoms with E-state index in [4.69, 9.17) is 4.98 Å². The van der Waals surface area contributed by atoms with Crippen molar-refractivity contribution in [1.29, 1.82) is 0 Å². The average Bonchev–Trinajstić information content (AvgIpc) is 3.19. The third-order valence-electron chi connectivity index (χ3n) is 5.66. The van der Waals surface area contributed by atoms with E-state index in [0.29, 0.717) is 5.92 Å². The summed E-state index contributed by atoms with van der Waals surface area (Å²) in [6, 6.07) is 9.35. The lowest BCUT2D eigenvalue weighted by atomic mass is 9.98. The molecule has 4 rings (SSSR count). The molecule has 1 saturated heterocycles. The number of aromatic nitrogens is 1. The fourth-order valence-corrected chi connectivity index (χ4v) is 5.15. The van der Waals surface area contributed by atoms with Gasteiger partial charge in [-0.25, -0.2) is 9.56 Å². The third-order valence-corrected chi connectivity index (χ3v) is 6.72. The Morgan fingerprint density at radius 1 is 1.11 bits per heavy atom. The SMILES string of the molecule is CCc1cc(N2CCCC2)cc2sc3cc(=[N+](C)C)cc(C(C)C)c-3nc12. The molecule has 1 aliphatic carbocycles. The maximum Gasteiger partial charge on any atom is 0.201 e. The number of hydrogen-bond donors (Lipinski definition) is 0. The fraction of sp³-hybridized carbons (Fsp3) is 0.478. The first-order chi connectivity index (χ1) is 13.0. The van der Waals surface area contributed by atoms with Gasteiger partial charge in [0.25, 0.3) is 0 Å². The van der Waals surface area contributed by atoms with E-state index in [-0.39, 0.29) is 0 Å². The first kappa shape index (κ1) is 18.4. The number of fused-ring (bicyclic) bond motifs is 2. The molecule has 2 aliphatic heterocycles. The van der Waals surface area contributed by atoms with Crippen LogP contribution in [0.4, 0.5) is 5.69 Å². The number of aryl methyl sites for hydroxylation is 1. The molecule has 1 aromatic rings. The van der Waals surface area contributed by atoms with E-state index >= 15 is 0 Å². The zero-order valence-corrected chi connectivity index (χ0v) is 18.0. The largest absolute Gasteiger partial charge is 0.371 e. The maximum atomic E-state index is 5.21. The van der Waals surface area contributed by atoms with Gasteiger partial charge in [-0.1, -0.05) is 20.8 Å². The van der Waals surface area contributed by atoms with E-state index in [1.807, 2.05) is 11.3 Å². The number of benzene rings is 2. The molecule has 3 aliphatic rings. The Hall–Kier alpha value is -1.94. The van der Waals surface area contributed by atoms with Gasteiger partial charge >= 0.3 is 0 Å². The lowest BCUT2D eigenvalue weighted by Crippen LogP contribution is -2.23. The van der Waals surface area contributed by atoms with E-state index in [9.17, 15) is 0 Å². The van der Waals surface area contributed by atoms with Crippen LogP contribution in [0.1, 0.15) is 50.7 Å². The molecule has 27 heavy (non-hydrogen) atoms. The molecular formula is C23H30N3S+. The summed E-state index contributed by atoms with van der Waals surface area (Å²) in [5, 5.41) is 1.26. The first-order valence-corrected chi connectivity index (χ1v) is 11.0. The van der Waals surface area contributed by atoms with Gasteiger partial charge in [-0.15, -0.1) is 11.3 Å². The summed E-state index contributed by atoms with van der Waals surface area (Å²) >= 11 is 1.90. The Labute approximate surface area is 166 Å². The molecule has 3 nitrogen and oxygen atoms in total. The van der Waals surface area contributed by atoms with Gasteiger partial charge in [0.05, 0.1) is 20.8 Å². The molecule has 0 saturated carbocycles. The Balaban J connectivity index is 2.03. The molecule has 0 radical (unpaired) electrons. The smallest absolute Gasteiger partial charge is 0.201 e. The van der Waals surface area contributed by atoms with Crippen molar-refractivity contribution in [2.24, 2.45) is 0 Å². The average molecular weight is 381 g/mol. The van der Waals surface area contributed by atoms with E-state index in [1.54, 1.807) is 0 Å². The van der Waals surface area contributed by atoms with Gasteiger partial charge in [-0.05, 0) is 48.4 Å². The summed E-state index contributed by atoms with van der Waals surface area (Å²) in [4.78, 5) is 9.03. The summed E-state index contributed by atoms with van der Waals surface area (Å²) in [5.74, 6) is 0.457. The minimum absolute atomic E-state index is 0.457. The van der Waals surface area contributed by atoms with Crippen LogP contribution in [0, 0.1) is 0 Å². The van der Waals surface area contributed by atoms with Crippen LogP contribution in [-0.2, 0) is 6.42 Å². The van der Waals surface area contributed by atoms with Gasteiger partial charge in [-0.2, -0.15) is 0 Å². The highest BCUT2D eigenvalue weighted by Crippen LogP contribution is 2.38. The van der Waals surface area contributed by atoms with Crippen molar-refractivity contribution in [2.45, 2.75) is 46.0 Å². The lowest BCUT2D eigenvalue weighted by Gasteiger charge is -2.20. The predicted molar refractivity (Wildman–Crippen MR) is 118 cm³/mol. The highest BCUT2D eigenvalue weighted by atomic mass is 32.1. The molecular weight excluding hydrogens is 350 g/mol. The van der Waals surface area contributed by atoms with E-state index in [2.05, 4.69) is 68.6 Å². The van der Waals surface area contributed by atoms with Crippen molar-refractivity contribution in [1.82, 2.24) is 9.56 Å². The van der Waals surface area contributed by atoms with Crippen LogP contribution in [0.2, 0.25) is 0 Å². The Kier molecular flexibility index (Phi) is 4.94. The molecule has 1 aromatic carbocycles. The lowest BCUT2D eigenvalue weighted by molar-refractivity contribution is 0.800. The zero-order valence-electron chi connectivity index (χ0n) is 17.2. The van der Waals surface area contributed by atoms with E-state index in [0.717, 1.165) is 6.42 Å². The first-order valence-electron chi connectivity index (χ1n) is 10.1. The molecule has 2 heterocycles. The van der Waals surface area contributed by atoms with Crippen molar-refractivity contribution in [3.8, 4) is 10.6 Å². The molecule has 1 fully saturated rings. The summed E-state index contributed by atoms with van der Waals surface area (Å²) < 4.78 is 3.51. The van der Waals surface area contributed by atoms with E-state index in [1.165, 1.54) is 68.9 Å². The second kappa shape index (κ2) is 7.23. The van der Waals surface area contributed by atoms with Crippen LogP contribution in [0.3, 0.4) is 0 Å². The molecule has 0 amide bonds. The normalized spacial score (nSPS) is 14.7. The van der Waals surface area contributed by atoms with Gasteiger partial charge < -0.3 is 4.90 Å². The zero-order chi connectivity index (χ0) is 19.1. The molecule has 4 heteroatoms. The molecule has 142 valence electrons. The van der Waals surface area contributed by atoms with Crippen LogP contribution in [0.25, 0.3) is 20.8 Å². The van der Waals surface area contributed by atoms with Gasteiger partial charge in [0.1, 0.15) is 14.1 Å². The second-order valence-electron chi connectivity index (χ2n) is 8.14. The van der Waals surface area contributed by atoms with Gasteiger partial charge in [-0.3, -0.25) is 0 Å². The van der Waals surface area contributed by atoms with Crippen molar-refractivity contribution in [3.63, 3.8) is 0 Å². The minimum Gasteiger partial charge on any atom is -0.371 e. The van der Waals surface area contributed by atoms with Gasteiger partial charge in [0, 0.05) is 30.9 Å². The monoisotopic (exact) mass is 380 g/mol. The maximum absolute atomic E-state index is 5.21. The summed E-state index contributed by atoms with van der Waals surface area (Å²) in [7, 11) is 4.23. The van der Waals surface area contributed by atoms with Gasteiger partial charge in [0.2, 0.25) is 5.36 Å². The Bertz CT molecular complexity index is 1020. The Morgan fingerprint density at radius 2 is 1.85 bits per heavy atom. The second-order valence-corrected chi connectivity index (χ2v) is 9.23. The number of hydrogen-bond acceptors (Lipinski definition) is 3. The number of rotatable bonds is 3. The van der Waals surface area contributed by atoms with E-state index < -0.39 is 0 Å². The number of anilines is 1. The van der Waals surface area contributed by atoms with Crippen LogP contribution in [0.15, 0.2) is 24.3 Å². The highest BCUT2D eigenvalue weighted by molar-refractivity contribution is 7.21. The summed E-state index contributed by atoms with van der Waals surface area (Å²) in [6.45, 7) is 9.15. The Morgan fingerprint density at radius 3 is 2.48 bits per heavy atom. The predicted octanol–water partition coefficient (Wildman–Crippen LogP) is 4.72. The van der Waals surface area contributed by atoms with Crippen molar-refractivity contribution in [2.75, 3.05) is 32.1 Å². The molecule has 0 spiro atoms. The van der Waals surface area contributed by atoms with Crippen LogP contribution in [0.5, 0.6) is 0 Å². The van der Waals surface area contributed by atoms with Crippen LogP contribution < -0.4 is 14.8 Å². The fourth-order valence-electron chi connectivity index (χ4n) is 4.02. The molecule has 0 aromatic heterocycles. The topological polar surface area (TPSA) is 19.1 Å². The highest BCUT2D eigenvalue weighted by Gasteiger charge is 2.20. The summed E-state index contributed by atoms with van der Waals surface area (Å²) in [5.41, 5.74) is 6.47. The quantitative estimate of drug-likeness (QED) is 0.484. The molecule has 0 N–H and O–H groups in total. The summed E-state index contributed by atoms with van der Waals surface area (Å²) in [6.07, 6.45) is 3.64. The molecule has 0 unspecified atom stereocenters. The molecule has 0 bridgehead atoms. The van der Waals surface area contributed by atoms with Crippen LogP contribution >= 0.6 is 11.3 Å². The van der Waals surface area contributed by atoms with Crippen LogP contribution in [-0.4, -0.2) is 32.2 Å². The van der Waals surface area contributed by atoms with Gasteiger partial charge in [0.15, 0.2) is 0 Å².